The Morgan fingerprint density at radius 2 is 1.36 bits per heavy atom. The molecule has 6 rings (SSSR count). The highest BCUT2D eigenvalue weighted by Gasteiger charge is 2.43. The molecule has 3 N–H and O–H groups in total. The molecule has 10 nitrogen and oxygen atoms in total. The van der Waals surface area contributed by atoms with E-state index in [0.29, 0.717) is 31.0 Å². The molecule has 0 spiro atoms. The molecule has 4 atom stereocenters. The smallest absolute Gasteiger partial charge is 0.407 e. The topological polar surface area (TPSA) is 128 Å². The molecule has 0 aliphatic carbocycles. The summed E-state index contributed by atoms with van der Waals surface area (Å²) in [5, 5.41) is 15.9. The molecular weight excluding hydrogens is 781 g/mol. The fraction of sp³-hybridized carbons (Fsp3) is 0.404. The minimum absolute atomic E-state index is 0.177. The third-order valence-corrected chi connectivity index (χ3v) is 13.3. The van der Waals surface area contributed by atoms with Crippen LogP contribution in [0.2, 0.25) is 0 Å². The van der Waals surface area contributed by atoms with Crippen molar-refractivity contribution < 1.29 is 29.0 Å². The van der Waals surface area contributed by atoms with Gasteiger partial charge in [-0.05, 0) is 86.4 Å². The van der Waals surface area contributed by atoms with Gasteiger partial charge in [-0.2, -0.15) is 11.8 Å². The molecule has 2 heterocycles. The Labute approximate surface area is 356 Å². The number of alkyl carbamates (subject to hydrolysis) is 1. The lowest BCUT2D eigenvalue weighted by Gasteiger charge is -2.40. The van der Waals surface area contributed by atoms with Crippen molar-refractivity contribution in [3.05, 3.63) is 143 Å². The first-order valence-electron chi connectivity index (χ1n) is 20.3. The van der Waals surface area contributed by atoms with E-state index in [1.807, 2.05) is 106 Å². The fourth-order valence-corrected chi connectivity index (χ4v) is 10.2. The Bertz CT molecular complexity index is 1930. The van der Waals surface area contributed by atoms with Gasteiger partial charge in [0.15, 0.2) is 0 Å². The second kappa shape index (κ2) is 20.0. The van der Waals surface area contributed by atoms with Crippen molar-refractivity contribution >= 4 is 47.4 Å². The van der Waals surface area contributed by atoms with Gasteiger partial charge in [0.25, 0.3) is 0 Å². The van der Waals surface area contributed by atoms with Crippen LogP contribution >= 0.6 is 23.5 Å². The van der Waals surface area contributed by atoms with Crippen molar-refractivity contribution in [3.63, 3.8) is 0 Å². The third kappa shape index (κ3) is 10.9. The third-order valence-electron chi connectivity index (χ3n) is 10.9. The number of fused-ring (bicyclic) bond motifs is 1. The number of carboxylic acids is 1. The summed E-state index contributed by atoms with van der Waals surface area (Å²) in [5.74, 6) is -0.690. The minimum Gasteiger partial charge on any atom is -0.480 e. The largest absolute Gasteiger partial charge is 0.480 e. The van der Waals surface area contributed by atoms with Gasteiger partial charge in [0.2, 0.25) is 11.8 Å². The average Bonchev–Trinajstić information content (AvgIpc) is 3.70. The zero-order valence-corrected chi connectivity index (χ0v) is 36.0. The van der Waals surface area contributed by atoms with Crippen LogP contribution in [0.5, 0.6) is 0 Å². The standard InChI is InChI=1S/C47H56N4O6S2/c1-46(2,3)57-45(56)48-38(32-59-47(35-19-8-5-9-20-35,36-21-10-6-11-22-36)37-23-12-7-13-24-37)31-50-27-16-25-40(50)43(53)51-30-34-18-15-14-17-33(34)29-41(51)42(52)49-39(44(54)55)26-28-58-4/h5-15,17-24,38-41H,16,25-32H2,1-4H3,(H,48,56)(H,49,52)(H,54,55)/t38?,39-,40-,41+/m0/s1. The lowest BCUT2D eigenvalue weighted by Crippen LogP contribution is -2.59. The number of rotatable bonds is 16. The van der Waals surface area contributed by atoms with E-state index in [9.17, 15) is 24.3 Å². The summed E-state index contributed by atoms with van der Waals surface area (Å²) in [4.78, 5) is 58.3. The quantitative estimate of drug-likeness (QED) is 0.0994. The number of ether oxygens (including phenoxy) is 1. The Balaban J connectivity index is 1.30. The lowest BCUT2D eigenvalue weighted by atomic mass is 9.84. The predicted molar refractivity (Wildman–Crippen MR) is 236 cm³/mol. The first-order chi connectivity index (χ1) is 28.4. The van der Waals surface area contributed by atoms with Gasteiger partial charge in [-0.1, -0.05) is 115 Å². The lowest BCUT2D eigenvalue weighted by molar-refractivity contribution is -0.147. The summed E-state index contributed by atoms with van der Waals surface area (Å²) in [6, 6.07) is 36.1. The molecule has 0 aromatic heterocycles. The van der Waals surface area contributed by atoms with E-state index >= 15 is 0 Å². The van der Waals surface area contributed by atoms with Crippen molar-refractivity contribution in [2.24, 2.45) is 0 Å². The summed E-state index contributed by atoms with van der Waals surface area (Å²) in [6.45, 7) is 6.74. The Hall–Kier alpha value is -4.78. The molecule has 0 radical (unpaired) electrons. The molecule has 1 fully saturated rings. The van der Waals surface area contributed by atoms with Gasteiger partial charge < -0.3 is 25.4 Å². The number of amides is 3. The summed E-state index contributed by atoms with van der Waals surface area (Å²) < 4.78 is 5.16. The first-order valence-corrected chi connectivity index (χ1v) is 22.7. The molecule has 1 unspecified atom stereocenters. The molecule has 2 aliphatic heterocycles. The van der Waals surface area contributed by atoms with Crippen LogP contribution in [0.3, 0.4) is 0 Å². The van der Waals surface area contributed by atoms with Crippen LogP contribution < -0.4 is 10.6 Å². The number of carbonyl (C=O) groups excluding carboxylic acids is 3. The molecule has 59 heavy (non-hydrogen) atoms. The van der Waals surface area contributed by atoms with Crippen LogP contribution in [0, 0.1) is 0 Å². The van der Waals surface area contributed by atoms with Gasteiger partial charge in [-0.25, -0.2) is 9.59 Å². The summed E-state index contributed by atoms with van der Waals surface area (Å²) >= 11 is 3.25. The van der Waals surface area contributed by atoms with Crippen LogP contribution in [-0.2, 0) is 36.8 Å². The second-order valence-corrected chi connectivity index (χ2v) is 18.4. The van der Waals surface area contributed by atoms with Crippen LogP contribution in [-0.4, -0.2) is 99.4 Å². The van der Waals surface area contributed by atoms with Gasteiger partial charge in [0, 0.05) is 25.3 Å². The summed E-state index contributed by atoms with van der Waals surface area (Å²) in [7, 11) is 0. The highest BCUT2D eigenvalue weighted by molar-refractivity contribution is 8.00. The molecule has 12 heteroatoms. The van der Waals surface area contributed by atoms with E-state index in [1.54, 1.807) is 16.7 Å². The zero-order chi connectivity index (χ0) is 42.0. The van der Waals surface area contributed by atoms with Crippen molar-refractivity contribution in [1.29, 1.82) is 0 Å². The second-order valence-electron chi connectivity index (χ2n) is 16.2. The average molecular weight is 837 g/mol. The monoisotopic (exact) mass is 836 g/mol. The van der Waals surface area contributed by atoms with Crippen LogP contribution in [0.15, 0.2) is 115 Å². The number of benzene rings is 4. The van der Waals surface area contributed by atoms with Gasteiger partial charge in [-0.15, -0.1) is 11.8 Å². The van der Waals surface area contributed by atoms with Crippen LogP contribution in [0.4, 0.5) is 4.79 Å². The molecule has 3 amide bonds. The number of aliphatic carboxylic acids is 1. The highest BCUT2D eigenvalue weighted by Crippen LogP contribution is 2.48. The van der Waals surface area contributed by atoms with Crippen LogP contribution in [0.1, 0.15) is 67.9 Å². The first kappa shape index (κ1) is 43.8. The maximum atomic E-state index is 14.9. The number of carbonyl (C=O) groups is 4. The zero-order valence-electron chi connectivity index (χ0n) is 34.3. The number of carboxylic acid groups (broad SMARTS) is 1. The SMILES string of the molecule is CSCC[C@H](NC(=O)[C@H]1Cc2ccccc2CN1C(=O)[C@@H]1CCCN1CC(CSC(c1ccccc1)(c1ccccc1)c1ccccc1)NC(=O)OC(C)(C)C)C(=O)O. The number of nitrogens with one attached hydrogen (secondary N) is 2. The molecule has 2 aliphatic rings. The molecule has 4 aromatic carbocycles. The van der Waals surface area contributed by atoms with E-state index in [-0.39, 0.29) is 25.3 Å². The fourth-order valence-electron chi connectivity index (χ4n) is 8.16. The molecule has 4 aromatic rings. The number of nitrogens with zero attached hydrogens (tertiary/aromatic N) is 2. The van der Waals surface area contributed by atoms with Crippen molar-refractivity contribution in [1.82, 2.24) is 20.4 Å². The van der Waals surface area contributed by atoms with Crippen molar-refractivity contribution in [2.45, 2.75) is 87.5 Å². The maximum absolute atomic E-state index is 14.9. The van der Waals surface area contributed by atoms with Gasteiger partial charge in [0.05, 0.1) is 16.8 Å². The Kier molecular flexibility index (Phi) is 14.8. The molecular formula is C47H56N4O6S2. The molecule has 1 saturated heterocycles. The number of hydrogen-bond donors (Lipinski definition) is 3. The Morgan fingerprint density at radius 3 is 1.90 bits per heavy atom. The molecule has 312 valence electrons. The Morgan fingerprint density at radius 1 is 0.797 bits per heavy atom. The maximum Gasteiger partial charge on any atom is 0.407 e. The molecule has 0 saturated carbocycles. The van der Waals surface area contributed by atoms with E-state index in [0.717, 1.165) is 34.2 Å². The van der Waals surface area contributed by atoms with Crippen LogP contribution in [0.25, 0.3) is 0 Å². The number of thioether (sulfide) groups is 2. The van der Waals surface area contributed by atoms with E-state index in [1.165, 1.54) is 11.8 Å². The van der Waals surface area contributed by atoms with E-state index in [2.05, 4.69) is 51.9 Å². The van der Waals surface area contributed by atoms with Gasteiger partial charge >= 0.3 is 12.1 Å². The van der Waals surface area contributed by atoms with Gasteiger partial charge in [0.1, 0.15) is 17.7 Å². The van der Waals surface area contributed by atoms with Gasteiger partial charge in [-0.3, -0.25) is 14.5 Å². The summed E-state index contributed by atoms with van der Waals surface area (Å²) in [6.07, 6.45) is 3.28. The minimum atomic E-state index is -1.10. The summed E-state index contributed by atoms with van der Waals surface area (Å²) in [5.41, 5.74) is 4.51. The van der Waals surface area contributed by atoms with Crippen molar-refractivity contribution in [3.8, 4) is 0 Å². The highest BCUT2D eigenvalue weighted by atomic mass is 32.2. The van der Waals surface area contributed by atoms with E-state index in [4.69, 9.17) is 4.74 Å². The molecule has 0 bridgehead atoms. The predicted octanol–water partition coefficient (Wildman–Crippen LogP) is 7.35. The number of likely N-dealkylation sites (tertiary alicyclic amines) is 1. The van der Waals surface area contributed by atoms with Crippen molar-refractivity contribution in [2.75, 3.05) is 30.9 Å². The normalized spacial score (nSPS) is 18.0. The number of hydrogen-bond acceptors (Lipinski definition) is 8. The van der Waals surface area contributed by atoms with E-state index < -0.39 is 52.5 Å².